The molecule has 0 saturated heterocycles. The number of hydrogen-bond acceptors (Lipinski definition) is 4. The van der Waals surface area contributed by atoms with E-state index in [-0.39, 0.29) is 0 Å². The topological polar surface area (TPSA) is 91.2 Å². The molecule has 0 aliphatic rings. The minimum absolute atomic E-state index is 0.514. The van der Waals surface area contributed by atoms with Crippen LogP contribution in [0, 0.1) is 11.3 Å². The summed E-state index contributed by atoms with van der Waals surface area (Å²) in [6, 6.07) is 9.26. The second-order valence-corrected chi connectivity index (χ2v) is 3.89. The number of nitriles is 1. The zero-order valence-electron chi connectivity index (χ0n) is 10.7. The van der Waals surface area contributed by atoms with Crippen LogP contribution in [0.25, 0.3) is 0 Å². The lowest BCUT2D eigenvalue weighted by Crippen LogP contribution is -2.42. The van der Waals surface area contributed by atoms with Crippen molar-refractivity contribution >= 4 is 17.7 Å². The highest BCUT2D eigenvalue weighted by atomic mass is 16.5. The van der Waals surface area contributed by atoms with Crippen molar-refractivity contribution in [3.05, 3.63) is 30.3 Å². The summed E-state index contributed by atoms with van der Waals surface area (Å²) < 4.78 is 4.77. The van der Waals surface area contributed by atoms with E-state index in [1.165, 1.54) is 13.8 Å². The van der Waals surface area contributed by atoms with Gasteiger partial charge in [0.2, 0.25) is 0 Å². The van der Waals surface area contributed by atoms with Crippen molar-refractivity contribution in [3.63, 3.8) is 0 Å². The maximum Gasteiger partial charge on any atom is 0.329 e. The molecule has 1 aromatic rings. The molecule has 2 atom stereocenters. The van der Waals surface area contributed by atoms with Gasteiger partial charge in [0, 0.05) is 5.69 Å². The Morgan fingerprint density at radius 1 is 1.26 bits per heavy atom. The fourth-order valence-electron chi connectivity index (χ4n) is 1.25. The molecule has 0 fully saturated rings. The largest absolute Gasteiger partial charge is 0.446 e. The lowest BCUT2D eigenvalue weighted by molar-refractivity contribution is -0.147. The van der Waals surface area contributed by atoms with Crippen molar-refractivity contribution in [2.75, 3.05) is 5.32 Å². The van der Waals surface area contributed by atoms with Gasteiger partial charge in [-0.2, -0.15) is 5.26 Å². The Morgan fingerprint density at radius 3 is 2.47 bits per heavy atom. The van der Waals surface area contributed by atoms with Gasteiger partial charge >= 0.3 is 12.0 Å². The Labute approximate surface area is 111 Å². The van der Waals surface area contributed by atoms with E-state index >= 15 is 0 Å². The van der Waals surface area contributed by atoms with Gasteiger partial charge in [0.25, 0.3) is 0 Å². The predicted molar refractivity (Wildman–Crippen MR) is 69.2 cm³/mol. The first kappa shape index (κ1) is 14.5. The first-order valence-electron chi connectivity index (χ1n) is 5.75. The van der Waals surface area contributed by atoms with E-state index < -0.39 is 24.1 Å². The molecule has 100 valence electrons. The molecule has 19 heavy (non-hydrogen) atoms. The molecule has 0 aromatic heterocycles. The van der Waals surface area contributed by atoms with Gasteiger partial charge in [0.15, 0.2) is 6.10 Å². The number of carbonyl (C=O) groups excluding carboxylic acids is 2. The zero-order valence-corrected chi connectivity index (χ0v) is 10.7. The highest BCUT2D eigenvalue weighted by Gasteiger charge is 2.19. The number of esters is 1. The molecule has 6 nitrogen and oxygen atoms in total. The van der Waals surface area contributed by atoms with Crippen molar-refractivity contribution in [3.8, 4) is 6.07 Å². The number of para-hydroxylation sites is 1. The Kier molecular flexibility index (Phi) is 5.35. The average molecular weight is 261 g/mol. The molecule has 0 heterocycles. The number of carbonyl (C=O) groups is 2. The van der Waals surface area contributed by atoms with Gasteiger partial charge in [0.1, 0.15) is 12.1 Å². The second kappa shape index (κ2) is 7.01. The van der Waals surface area contributed by atoms with Gasteiger partial charge in [-0.1, -0.05) is 18.2 Å². The fourth-order valence-corrected chi connectivity index (χ4v) is 1.25. The molecule has 0 aliphatic heterocycles. The van der Waals surface area contributed by atoms with Crippen molar-refractivity contribution in [2.24, 2.45) is 0 Å². The van der Waals surface area contributed by atoms with Crippen LogP contribution in [-0.4, -0.2) is 24.1 Å². The van der Waals surface area contributed by atoms with E-state index in [9.17, 15) is 9.59 Å². The van der Waals surface area contributed by atoms with E-state index in [1.54, 1.807) is 30.3 Å². The third-order valence-electron chi connectivity index (χ3n) is 2.21. The molecule has 6 heteroatoms. The Hall–Kier alpha value is -2.55. The number of ether oxygens (including phenoxy) is 1. The lowest BCUT2D eigenvalue weighted by Gasteiger charge is -2.14. The molecule has 0 radical (unpaired) electrons. The van der Waals surface area contributed by atoms with E-state index in [4.69, 9.17) is 10.00 Å². The number of benzene rings is 1. The predicted octanol–water partition coefficient (Wildman–Crippen LogP) is 1.65. The molecular weight excluding hydrogens is 246 g/mol. The first-order valence-corrected chi connectivity index (χ1v) is 5.75. The molecule has 0 bridgehead atoms. The summed E-state index contributed by atoms with van der Waals surface area (Å²) in [5.41, 5.74) is 0.617. The van der Waals surface area contributed by atoms with Gasteiger partial charge in [-0.15, -0.1) is 0 Å². The molecule has 1 aromatic carbocycles. The van der Waals surface area contributed by atoms with Gasteiger partial charge < -0.3 is 15.4 Å². The number of anilines is 1. The second-order valence-electron chi connectivity index (χ2n) is 3.89. The molecule has 0 saturated carbocycles. The fraction of sp³-hybridized carbons (Fsp3) is 0.308. The Morgan fingerprint density at radius 2 is 1.89 bits per heavy atom. The molecule has 2 amide bonds. The number of nitrogens with one attached hydrogen (secondary N) is 2. The minimum atomic E-state index is -0.839. The van der Waals surface area contributed by atoms with Crippen molar-refractivity contribution in [1.29, 1.82) is 5.26 Å². The maximum absolute atomic E-state index is 11.6. The van der Waals surface area contributed by atoms with Crippen LogP contribution < -0.4 is 10.6 Å². The monoisotopic (exact) mass is 261 g/mol. The first-order chi connectivity index (χ1) is 9.02. The molecule has 0 aliphatic carbocycles. The number of amides is 2. The average Bonchev–Trinajstić information content (AvgIpc) is 2.39. The minimum Gasteiger partial charge on any atom is -0.446 e. The van der Waals surface area contributed by atoms with Gasteiger partial charge in [-0.3, -0.25) is 0 Å². The molecule has 0 unspecified atom stereocenters. The molecule has 2 N–H and O–H groups in total. The summed E-state index contributed by atoms with van der Waals surface area (Å²) in [6.45, 7) is 2.94. The number of rotatable bonds is 4. The van der Waals surface area contributed by atoms with Crippen LogP contribution in [0.15, 0.2) is 30.3 Å². The number of nitrogens with zero attached hydrogens (tertiary/aromatic N) is 1. The zero-order chi connectivity index (χ0) is 14.3. The van der Waals surface area contributed by atoms with Crippen molar-refractivity contribution in [2.45, 2.75) is 26.0 Å². The van der Waals surface area contributed by atoms with Crippen LogP contribution in [0.4, 0.5) is 10.5 Å². The summed E-state index contributed by atoms with van der Waals surface area (Å²) in [6.07, 6.45) is -0.839. The third-order valence-corrected chi connectivity index (χ3v) is 2.21. The standard InChI is InChI=1S/C13H15N3O3/c1-9(8-14)19-12(17)10(2)15-13(18)16-11-6-4-3-5-7-11/h3-7,9-10H,1-2H3,(H2,15,16,18)/t9-,10-/m0/s1. The number of hydrogen-bond donors (Lipinski definition) is 2. The van der Waals surface area contributed by atoms with Crippen molar-refractivity contribution in [1.82, 2.24) is 5.32 Å². The Balaban J connectivity index is 2.44. The van der Waals surface area contributed by atoms with E-state index in [0.29, 0.717) is 5.69 Å². The van der Waals surface area contributed by atoms with Crippen LogP contribution in [0.2, 0.25) is 0 Å². The summed E-state index contributed by atoms with van der Waals surface area (Å²) in [7, 11) is 0. The molecule has 1 rings (SSSR count). The van der Waals surface area contributed by atoms with Crippen LogP contribution >= 0.6 is 0 Å². The molecular formula is C13H15N3O3. The van der Waals surface area contributed by atoms with E-state index in [2.05, 4.69) is 10.6 Å². The van der Waals surface area contributed by atoms with Gasteiger partial charge in [-0.25, -0.2) is 9.59 Å². The molecule has 0 spiro atoms. The van der Waals surface area contributed by atoms with Crippen LogP contribution in [0.1, 0.15) is 13.8 Å². The third kappa shape index (κ3) is 5.08. The maximum atomic E-state index is 11.6. The summed E-state index contributed by atoms with van der Waals surface area (Å²) in [5, 5.41) is 13.5. The van der Waals surface area contributed by atoms with Gasteiger partial charge in [0.05, 0.1) is 0 Å². The quantitative estimate of drug-likeness (QED) is 0.806. The highest BCUT2D eigenvalue weighted by Crippen LogP contribution is 2.04. The van der Waals surface area contributed by atoms with Crippen LogP contribution in [0.3, 0.4) is 0 Å². The van der Waals surface area contributed by atoms with E-state index in [0.717, 1.165) is 0 Å². The van der Waals surface area contributed by atoms with Crippen LogP contribution in [-0.2, 0) is 9.53 Å². The number of urea groups is 1. The van der Waals surface area contributed by atoms with Gasteiger partial charge in [-0.05, 0) is 26.0 Å². The summed E-state index contributed by atoms with van der Waals surface area (Å²) in [5.74, 6) is -0.655. The normalized spacial score (nSPS) is 12.7. The summed E-state index contributed by atoms with van der Waals surface area (Å²) in [4.78, 5) is 23.1. The highest BCUT2D eigenvalue weighted by molar-refractivity contribution is 5.92. The SMILES string of the molecule is C[C@H](NC(=O)Nc1ccccc1)C(=O)O[C@@H](C)C#N. The van der Waals surface area contributed by atoms with E-state index in [1.807, 2.05) is 6.07 Å². The Bertz CT molecular complexity index is 482. The smallest absolute Gasteiger partial charge is 0.329 e. The van der Waals surface area contributed by atoms with Crippen molar-refractivity contribution < 1.29 is 14.3 Å². The lowest BCUT2D eigenvalue weighted by atomic mass is 10.3. The van der Waals surface area contributed by atoms with Crippen LogP contribution in [0.5, 0.6) is 0 Å². The summed E-state index contributed by atoms with van der Waals surface area (Å²) >= 11 is 0.